The third kappa shape index (κ3) is 3.29. The van der Waals surface area contributed by atoms with Gasteiger partial charge in [0.2, 0.25) is 0 Å². The van der Waals surface area contributed by atoms with Crippen LogP contribution in [0.15, 0.2) is 30.3 Å². The zero-order chi connectivity index (χ0) is 13.8. The van der Waals surface area contributed by atoms with Crippen molar-refractivity contribution in [2.45, 2.75) is 33.2 Å². The quantitative estimate of drug-likeness (QED) is 0.846. The van der Waals surface area contributed by atoms with E-state index in [1.165, 1.54) is 15.3 Å². The van der Waals surface area contributed by atoms with E-state index in [1.54, 1.807) is 7.11 Å². The Hall–Kier alpha value is -1.48. The fourth-order valence-electron chi connectivity index (χ4n) is 2.04. The number of rotatable bonds is 5. The maximum atomic E-state index is 5.43. The smallest absolute Gasteiger partial charge is 0.142 e. The second kappa shape index (κ2) is 6.11. The standard InChI is InChI=1S/C16H21NOS/c1-5-13-7-9-16(19-13)12(3)17-14-8-6-11(2)10-15(14)18-4/h6-10,12,17H,5H2,1-4H3. The van der Waals surface area contributed by atoms with E-state index in [2.05, 4.69) is 56.4 Å². The predicted molar refractivity (Wildman–Crippen MR) is 83.5 cm³/mol. The van der Waals surface area contributed by atoms with Crippen LogP contribution in [0.25, 0.3) is 0 Å². The lowest BCUT2D eigenvalue weighted by Gasteiger charge is -2.17. The minimum Gasteiger partial charge on any atom is -0.495 e. The average molecular weight is 275 g/mol. The van der Waals surface area contributed by atoms with Crippen LogP contribution in [0.1, 0.15) is 35.2 Å². The normalized spacial score (nSPS) is 12.2. The highest BCUT2D eigenvalue weighted by atomic mass is 32.1. The highest BCUT2D eigenvalue weighted by Crippen LogP contribution is 2.31. The molecule has 1 atom stereocenters. The molecule has 0 aliphatic rings. The lowest BCUT2D eigenvalue weighted by atomic mass is 10.2. The molecular formula is C16H21NOS. The molecule has 2 nitrogen and oxygen atoms in total. The Kier molecular flexibility index (Phi) is 4.48. The summed E-state index contributed by atoms with van der Waals surface area (Å²) in [6, 6.07) is 11.0. The van der Waals surface area contributed by atoms with Crippen LogP contribution in [-0.4, -0.2) is 7.11 Å². The Morgan fingerprint density at radius 3 is 2.68 bits per heavy atom. The molecular weight excluding hydrogens is 254 g/mol. The summed E-state index contributed by atoms with van der Waals surface area (Å²) in [4.78, 5) is 2.79. The molecule has 3 heteroatoms. The molecule has 0 fully saturated rings. The molecule has 19 heavy (non-hydrogen) atoms. The fraction of sp³-hybridized carbons (Fsp3) is 0.375. The maximum absolute atomic E-state index is 5.43. The Morgan fingerprint density at radius 1 is 1.26 bits per heavy atom. The van der Waals surface area contributed by atoms with Gasteiger partial charge < -0.3 is 10.1 Å². The minimum atomic E-state index is 0.293. The summed E-state index contributed by atoms with van der Waals surface area (Å²) in [5.41, 5.74) is 2.26. The number of anilines is 1. The summed E-state index contributed by atoms with van der Waals surface area (Å²) in [7, 11) is 1.71. The van der Waals surface area contributed by atoms with Crippen LogP contribution < -0.4 is 10.1 Å². The molecule has 1 aromatic heterocycles. The van der Waals surface area contributed by atoms with E-state index >= 15 is 0 Å². The number of thiophene rings is 1. The number of methoxy groups -OCH3 is 1. The molecule has 2 rings (SSSR count). The van der Waals surface area contributed by atoms with Gasteiger partial charge in [-0.2, -0.15) is 0 Å². The third-order valence-electron chi connectivity index (χ3n) is 3.19. The second-order valence-electron chi connectivity index (χ2n) is 4.73. The molecule has 0 aliphatic carbocycles. The average Bonchev–Trinajstić information content (AvgIpc) is 2.89. The molecule has 0 aliphatic heterocycles. The van der Waals surface area contributed by atoms with Crippen LogP contribution in [0.3, 0.4) is 0 Å². The van der Waals surface area contributed by atoms with Crippen molar-refractivity contribution in [3.05, 3.63) is 45.6 Å². The number of ether oxygens (including phenoxy) is 1. The van der Waals surface area contributed by atoms with Gasteiger partial charge in [0.25, 0.3) is 0 Å². The maximum Gasteiger partial charge on any atom is 0.142 e. The zero-order valence-corrected chi connectivity index (χ0v) is 12.8. The molecule has 0 bridgehead atoms. The van der Waals surface area contributed by atoms with Gasteiger partial charge in [0.15, 0.2) is 0 Å². The van der Waals surface area contributed by atoms with Crippen LogP contribution >= 0.6 is 11.3 Å². The van der Waals surface area contributed by atoms with Crippen LogP contribution in [0.5, 0.6) is 5.75 Å². The SMILES string of the molecule is CCc1ccc(C(C)Nc2ccc(C)cc2OC)s1. The lowest BCUT2D eigenvalue weighted by molar-refractivity contribution is 0.416. The summed E-state index contributed by atoms with van der Waals surface area (Å²) < 4.78 is 5.43. The van der Waals surface area contributed by atoms with Crippen molar-refractivity contribution >= 4 is 17.0 Å². The van der Waals surface area contributed by atoms with Gasteiger partial charge in [0, 0.05) is 9.75 Å². The van der Waals surface area contributed by atoms with Gasteiger partial charge in [-0.1, -0.05) is 13.0 Å². The van der Waals surface area contributed by atoms with Crippen LogP contribution in [0.4, 0.5) is 5.69 Å². The number of aryl methyl sites for hydroxylation is 2. The number of benzene rings is 1. The highest BCUT2D eigenvalue weighted by molar-refractivity contribution is 7.12. The van der Waals surface area contributed by atoms with Crippen LogP contribution in [-0.2, 0) is 6.42 Å². The molecule has 1 aromatic carbocycles. The van der Waals surface area contributed by atoms with E-state index in [0.717, 1.165) is 17.9 Å². The Labute approximate surface area is 119 Å². The largest absolute Gasteiger partial charge is 0.495 e. The van der Waals surface area contributed by atoms with Crippen molar-refractivity contribution < 1.29 is 4.74 Å². The van der Waals surface area contributed by atoms with Crippen molar-refractivity contribution in [1.82, 2.24) is 0 Å². The molecule has 0 amide bonds. The summed E-state index contributed by atoms with van der Waals surface area (Å²) in [5, 5.41) is 3.53. The molecule has 1 N–H and O–H groups in total. The molecule has 102 valence electrons. The first-order valence-corrected chi connectivity index (χ1v) is 7.45. The monoisotopic (exact) mass is 275 g/mol. The second-order valence-corrected chi connectivity index (χ2v) is 5.93. The predicted octanol–water partition coefficient (Wildman–Crippen LogP) is 4.80. The van der Waals surface area contributed by atoms with Crippen molar-refractivity contribution in [2.24, 2.45) is 0 Å². The molecule has 1 unspecified atom stereocenters. The van der Waals surface area contributed by atoms with E-state index in [4.69, 9.17) is 4.74 Å². The van der Waals surface area contributed by atoms with Crippen molar-refractivity contribution in [2.75, 3.05) is 12.4 Å². The van der Waals surface area contributed by atoms with Crippen molar-refractivity contribution in [1.29, 1.82) is 0 Å². The number of nitrogens with one attached hydrogen (secondary N) is 1. The van der Waals surface area contributed by atoms with Crippen LogP contribution in [0, 0.1) is 6.92 Å². The lowest BCUT2D eigenvalue weighted by Crippen LogP contribution is -2.06. The minimum absolute atomic E-state index is 0.293. The first-order chi connectivity index (χ1) is 9.13. The molecule has 2 aromatic rings. The van der Waals surface area contributed by atoms with Gasteiger partial charge in [-0.25, -0.2) is 0 Å². The van der Waals surface area contributed by atoms with E-state index in [0.29, 0.717) is 6.04 Å². The van der Waals surface area contributed by atoms with E-state index in [-0.39, 0.29) is 0 Å². The Bertz CT molecular complexity index is 547. The molecule has 0 saturated carbocycles. The van der Waals surface area contributed by atoms with E-state index < -0.39 is 0 Å². The molecule has 1 heterocycles. The van der Waals surface area contributed by atoms with Gasteiger partial charge >= 0.3 is 0 Å². The number of hydrogen-bond acceptors (Lipinski definition) is 3. The molecule has 0 radical (unpaired) electrons. The van der Waals surface area contributed by atoms with Crippen molar-refractivity contribution in [3.8, 4) is 5.75 Å². The van der Waals surface area contributed by atoms with Gasteiger partial charge in [-0.05, 0) is 50.1 Å². The van der Waals surface area contributed by atoms with Crippen LogP contribution in [0.2, 0.25) is 0 Å². The Balaban J connectivity index is 2.16. The summed E-state index contributed by atoms with van der Waals surface area (Å²) >= 11 is 1.87. The fourth-order valence-corrected chi connectivity index (χ4v) is 2.99. The van der Waals surface area contributed by atoms with Gasteiger partial charge in [0.1, 0.15) is 5.75 Å². The van der Waals surface area contributed by atoms with Gasteiger partial charge in [-0.15, -0.1) is 11.3 Å². The number of hydrogen-bond donors (Lipinski definition) is 1. The summed E-state index contributed by atoms with van der Waals surface area (Å²) in [5.74, 6) is 0.902. The third-order valence-corrected chi connectivity index (χ3v) is 4.60. The van der Waals surface area contributed by atoms with Gasteiger partial charge in [0.05, 0.1) is 18.8 Å². The van der Waals surface area contributed by atoms with E-state index in [9.17, 15) is 0 Å². The summed E-state index contributed by atoms with van der Waals surface area (Å²) in [6.45, 7) is 6.45. The highest BCUT2D eigenvalue weighted by Gasteiger charge is 2.11. The van der Waals surface area contributed by atoms with E-state index in [1.807, 2.05) is 11.3 Å². The van der Waals surface area contributed by atoms with Crippen molar-refractivity contribution in [3.63, 3.8) is 0 Å². The molecule has 0 spiro atoms. The topological polar surface area (TPSA) is 21.3 Å². The first-order valence-electron chi connectivity index (χ1n) is 6.63. The summed E-state index contributed by atoms with van der Waals surface area (Å²) in [6.07, 6.45) is 1.10. The molecule has 0 saturated heterocycles. The zero-order valence-electron chi connectivity index (χ0n) is 12.0. The Morgan fingerprint density at radius 2 is 2.05 bits per heavy atom. The first kappa shape index (κ1) is 13.9. The van der Waals surface area contributed by atoms with Gasteiger partial charge in [-0.3, -0.25) is 0 Å².